The molecule has 0 radical (unpaired) electrons. The van der Waals surface area contributed by atoms with Gasteiger partial charge in [-0.15, -0.1) is 0 Å². The number of hydrogen-bond acceptors (Lipinski definition) is 9. The fourth-order valence-electron chi connectivity index (χ4n) is 2.49. The van der Waals surface area contributed by atoms with Crippen LogP contribution in [-0.4, -0.2) is 92.1 Å². The monoisotopic (exact) mass is 310 g/mol. The molecule has 2 fully saturated rings. The second-order valence-electron chi connectivity index (χ2n) is 5.50. The molecule has 2 aliphatic heterocycles. The van der Waals surface area contributed by atoms with Gasteiger partial charge in [0.05, 0.1) is 12.2 Å². The molecule has 2 saturated heterocycles. The molecule has 124 valence electrons. The Labute approximate surface area is 121 Å². The van der Waals surface area contributed by atoms with Crippen LogP contribution in [0.1, 0.15) is 13.8 Å². The summed E-state index contributed by atoms with van der Waals surface area (Å²) in [6.45, 7) is 3.00. The number of rotatable bonds is 2. The van der Waals surface area contributed by atoms with Crippen LogP contribution >= 0.6 is 0 Å². The van der Waals surface area contributed by atoms with Gasteiger partial charge in [0.25, 0.3) is 0 Å². The first-order valence-corrected chi connectivity index (χ1v) is 6.78. The minimum absolute atomic E-state index is 0.784. The van der Waals surface area contributed by atoms with Crippen molar-refractivity contribution in [2.24, 2.45) is 0 Å². The van der Waals surface area contributed by atoms with Crippen LogP contribution < -0.4 is 0 Å². The Morgan fingerprint density at radius 2 is 1.29 bits per heavy atom. The molecule has 0 unspecified atom stereocenters. The summed E-state index contributed by atoms with van der Waals surface area (Å²) in [6, 6.07) is 0. The van der Waals surface area contributed by atoms with Gasteiger partial charge in [-0.05, 0) is 13.8 Å². The predicted molar refractivity (Wildman–Crippen MR) is 65.8 cm³/mol. The first kappa shape index (κ1) is 17.0. The Morgan fingerprint density at radius 3 is 1.90 bits per heavy atom. The highest BCUT2D eigenvalue weighted by atomic mass is 16.7. The summed E-state index contributed by atoms with van der Waals surface area (Å²) in [7, 11) is 0. The molecule has 6 N–H and O–H groups in total. The lowest BCUT2D eigenvalue weighted by Gasteiger charge is -2.44. The largest absolute Gasteiger partial charge is 0.388 e. The molecule has 9 nitrogen and oxygen atoms in total. The standard InChI is InChI=1S/C12H22O9/c1-3-5(13)6(14)9(17)12(20-3)21-10-4(2)19-11(18)8(16)7(10)15/h3-18H,1-2H3/t3-,4-,5-,6+,7-,8-,9+,10+,11+,12+/m0/s1. The Kier molecular flexibility index (Phi) is 5.19. The summed E-state index contributed by atoms with van der Waals surface area (Å²) >= 11 is 0. The number of ether oxygens (including phenoxy) is 3. The molecule has 9 heteroatoms. The lowest BCUT2D eigenvalue weighted by atomic mass is 9.98. The first-order chi connectivity index (χ1) is 9.73. The molecule has 0 aromatic rings. The van der Waals surface area contributed by atoms with Crippen molar-refractivity contribution >= 4 is 0 Å². The van der Waals surface area contributed by atoms with Gasteiger partial charge in [-0.2, -0.15) is 0 Å². The van der Waals surface area contributed by atoms with Crippen LogP contribution in [0.5, 0.6) is 0 Å². The molecule has 2 heterocycles. The van der Waals surface area contributed by atoms with Crippen molar-refractivity contribution in [3.8, 4) is 0 Å². The van der Waals surface area contributed by atoms with Gasteiger partial charge >= 0.3 is 0 Å². The van der Waals surface area contributed by atoms with Crippen molar-refractivity contribution in [3.63, 3.8) is 0 Å². The molecule has 2 aliphatic rings. The van der Waals surface area contributed by atoms with Gasteiger partial charge in [0.1, 0.15) is 36.6 Å². The second-order valence-corrected chi connectivity index (χ2v) is 5.50. The average Bonchev–Trinajstić information content (AvgIpc) is 2.44. The molecule has 0 amide bonds. The van der Waals surface area contributed by atoms with Crippen molar-refractivity contribution in [2.75, 3.05) is 0 Å². The van der Waals surface area contributed by atoms with Crippen molar-refractivity contribution < 1.29 is 44.8 Å². The van der Waals surface area contributed by atoms with E-state index in [-0.39, 0.29) is 0 Å². The topological polar surface area (TPSA) is 149 Å². The third-order valence-electron chi connectivity index (χ3n) is 3.90. The van der Waals surface area contributed by atoms with Crippen LogP contribution in [0.3, 0.4) is 0 Å². The van der Waals surface area contributed by atoms with Gasteiger partial charge in [0.15, 0.2) is 12.6 Å². The van der Waals surface area contributed by atoms with Gasteiger partial charge in [-0.25, -0.2) is 0 Å². The molecule has 0 bridgehead atoms. The highest BCUT2D eigenvalue weighted by Crippen LogP contribution is 2.28. The van der Waals surface area contributed by atoms with E-state index in [4.69, 9.17) is 14.2 Å². The van der Waals surface area contributed by atoms with Crippen molar-refractivity contribution in [1.82, 2.24) is 0 Å². The Morgan fingerprint density at radius 1 is 0.667 bits per heavy atom. The van der Waals surface area contributed by atoms with E-state index in [0.717, 1.165) is 0 Å². The van der Waals surface area contributed by atoms with Crippen LogP contribution in [0.2, 0.25) is 0 Å². The summed E-state index contributed by atoms with van der Waals surface area (Å²) in [4.78, 5) is 0. The lowest BCUT2D eigenvalue weighted by Crippen LogP contribution is -2.62. The number of aliphatic hydroxyl groups is 6. The molecule has 0 aromatic carbocycles. The van der Waals surface area contributed by atoms with E-state index in [9.17, 15) is 30.6 Å². The summed E-state index contributed by atoms with van der Waals surface area (Å²) in [6.07, 6.45) is -12.8. The smallest absolute Gasteiger partial charge is 0.187 e. The molecular weight excluding hydrogens is 288 g/mol. The zero-order valence-corrected chi connectivity index (χ0v) is 11.7. The van der Waals surface area contributed by atoms with Gasteiger partial charge in [-0.1, -0.05) is 0 Å². The van der Waals surface area contributed by atoms with E-state index in [1.165, 1.54) is 13.8 Å². The third-order valence-corrected chi connectivity index (χ3v) is 3.90. The molecule has 21 heavy (non-hydrogen) atoms. The van der Waals surface area contributed by atoms with E-state index in [1.807, 2.05) is 0 Å². The van der Waals surface area contributed by atoms with Crippen LogP contribution in [0.25, 0.3) is 0 Å². The maximum Gasteiger partial charge on any atom is 0.187 e. The van der Waals surface area contributed by atoms with E-state index < -0.39 is 61.4 Å². The molecule has 2 rings (SSSR count). The maximum absolute atomic E-state index is 9.91. The van der Waals surface area contributed by atoms with Crippen molar-refractivity contribution in [2.45, 2.75) is 75.3 Å². The Bertz CT molecular complexity index is 354. The van der Waals surface area contributed by atoms with E-state index in [0.29, 0.717) is 0 Å². The summed E-state index contributed by atoms with van der Waals surface area (Å²) in [5.41, 5.74) is 0. The minimum atomic E-state index is -1.57. The fraction of sp³-hybridized carbons (Fsp3) is 1.00. The lowest BCUT2D eigenvalue weighted by molar-refractivity contribution is -0.348. The van der Waals surface area contributed by atoms with Gasteiger partial charge in [-0.3, -0.25) is 0 Å². The highest BCUT2D eigenvalue weighted by molar-refractivity contribution is 4.91. The number of aliphatic hydroxyl groups excluding tert-OH is 6. The normalized spacial score (nSPS) is 55.4. The third kappa shape index (κ3) is 3.21. The molecule has 10 atom stereocenters. The van der Waals surface area contributed by atoms with E-state index in [1.54, 1.807) is 0 Å². The van der Waals surface area contributed by atoms with E-state index >= 15 is 0 Å². The molecule has 0 aliphatic carbocycles. The van der Waals surface area contributed by atoms with Crippen LogP contribution in [0.4, 0.5) is 0 Å². The minimum Gasteiger partial charge on any atom is -0.388 e. The maximum atomic E-state index is 9.91. The van der Waals surface area contributed by atoms with Gasteiger partial charge in [0, 0.05) is 0 Å². The Balaban J connectivity index is 2.06. The predicted octanol–water partition coefficient (Wildman–Crippen LogP) is -3.34. The SMILES string of the molecule is C[C@@H]1O[C@H](O[C@H]2[C@@H](O)[C@H](O)[C@H](O)O[C@H]2C)[C@H](O)[C@H](O)[C@H]1O. The zero-order chi connectivity index (χ0) is 15.9. The quantitative estimate of drug-likeness (QED) is 0.308. The second kappa shape index (κ2) is 6.41. The summed E-state index contributed by atoms with van der Waals surface area (Å²) in [5.74, 6) is 0. The molecular formula is C12H22O9. The number of hydrogen-bond donors (Lipinski definition) is 6. The van der Waals surface area contributed by atoms with Crippen molar-refractivity contribution in [3.05, 3.63) is 0 Å². The molecule has 0 saturated carbocycles. The van der Waals surface area contributed by atoms with Crippen LogP contribution in [0.15, 0.2) is 0 Å². The van der Waals surface area contributed by atoms with Gasteiger partial charge in [0.2, 0.25) is 0 Å². The Hall–Kier alpha value is -0.360. The van der Waals surface area contributed by atoms with Crippen LogP contribution in [-0.2, 0) is 14.2 Å². The van der Waals surface area contributed by atoms with Gasteiger partial charge < -0.3 is 44.8 Å². The first-order valence-electron chi connectivity index (χ1n) is 6.78. The molecule has 0 spiro atoms. The van der Waals surface area contributed by atoms with Crippen molar-refractivity contribution in [1.29, 1.82) is 0 Å². The zero-order valence-electron chi connectivity index (χ0n) is 11.7. The summed E-state index contributed by atoms with van der Waals surface area (Å²) < 4.78 is 15.6. The fourth-order valence-corrected chi connectivity index (χ4v) is 2.49. The molecule has 0 aromatic heterocycles. The highest BCUT2D eigenvalue weighted by Gasteiger charge is 2.48. The average molecular weight is 310 g/mol. The van der Waals surface area contributed by atoms with Crippen LogP contribution in [0, 0.1) is 0 Å². The summed E-state index contributed by atoms with van der Waals surface area (Å²) in [5, 5.41) is 58.0. The van der Waals surface area contributed by atoms with E-state index in [2.05, 4.69) is 0 Å².